The van der Waals surface area contributed by atoms with Crippen LogP contribution < -0.4 is 15.4 Å². The van der Waals surface area contributed by atoms with Gasteiger partial charge in [-0.05, 0) is 44.4 Å². The quantitative estimate of drug-likeness (QED) is 0.180. The topological polar surface area (TPSA) is 76.4 Å². The Kier molecular flexibility index (Phi) is 13.2. The van der Waals surface area contributed by atoms with Crippen LogP contribution >= 0.6 is 24.0 Å². The molecule has 1 aromatic carbocycles. The van der Waals surface area contributed by atoms with Gasteiger partial charge in [0.05, 0.1) is 7.11 Å². The molecule has 0 spiro atoms. The number of aryl methyl sites for hydroxylation is 1. The van der Waals surface area contributed by atoms with Gasteiger partial charge >= 0.3 is 0 Å². The van der Waals surface area contributed by atoms with E-state index in [4.69, 9.17) is 9.73 Å². The van der Waals surface area contributed by atoms with Gasteiger partial charge in [-0.25, -0.2) is 4.99 Å². The van der Waals surface area contributed by atoms with Crippen molar-refractivity contribution in [1.29, 1.82) is 0 Å². The van der Waals surface area contributed by atoms with Gasteiger partial charge in [0.15, 0.2) is 11.8 Å². The molecule has 0 radical (unpaired) electrons. The molecule has 0 amide bonds. The summed E-state index contributed by atoms with van der Waals surface area (Å²) < 4.78 is 7.21. The van der Waals surface area contributed by atoms with E-state index in [-0.39, 0.29) is 24.0 Å². The van der Waals surface area contributed by atoms with Gasteiger partial charge in [-0.1, -0.05) is 44.7 Å². The molecule has 0 bridgehead atoms. The van der Waals surface area contributed by atoms with Gasteiger partial charge in [0, 0.05) is 19.6 Å². The fraction of sp³-hybridized carbons (Fsp3) is 0.609. The molecule has 1 atom stereocenters. The third-order valence-corrected chi connectivity index (χ3v) is 5.30. The Hall–Kier alpha value is -1.84. The molecular formula is C23H39IN6O. The van der Waals surface area contributed by atoms with E-state index in [1.807, 2.05) is 30.7 Å². The number of guanidine groups is 1. The lowest BCUT2D eigenvalue weighted by molar-refractivity contribution is 0.414. The zero-order valence-electron chi connectivity index (χ0n) is 19.6. The summed E-state index contributed by atoms with van der Waals surface area (Å²) in [6, 6.07) is 8.57. The van der Waals surface area contributed by atoms with Gasteiger partial charge in [0.1, 0.15) is 18.1 Å². The molecule has 1 unspecified atom stereocenters. The molecule has 0 aliphatic rings. The summed E-state index contributed by atoms with van der Waals surface area (Å²) in [5.74, 6) is 3.46. The SMILES string of the molecule is CCCCCCC(C)NC(=NCc1nnc(C)n1C)NCCc1ccc(OC)cc1.I. The summed E-state index contributed by atoms with van der Waals surface area (Å²) in [5.41, 5.74) is 1.26. The predicted octanol–water partition coefficient (Wildman–Crippen LogP) is 4.39. The number of hydrogen-bond donors (Lipinski definition) is 2. The Morgan fingerprint density at radius 2 is 1.90 bits per heavy atom. The van der Waals surface area contributed by atoms with Crippen LogP contribution in [0.25, 0.3) is 0 Å². The minimum Gasteiger partial charge on any atom is -0.497 e. The molecule has 2 rings (SSSR count). The largest absolute Gasteiger partial charge is 0.497 e. The zero-order valence-corrected chi connectivity index (χ0v) is 22.0. The lowest BCUT2D eigenvalue weighted by Gasteiger charge is -2.18. The summed E-state index contributed by atoms with van der Waals surface area (Å²) in [6.07, 6.45) is 7.15. The van der Waals surface area contributed by atoms with Gasteiger partial charge in [-0.2, -0.15) is 0 Å². The number of aliphatic imine (C=N–C) groups is 1. The molecule has 31 heavy (non-hydrogen) atoms. The maximum absolute atomic E-state index is 5.23. The Morgan fingerprint density at radius 1 is 1.16 bits per heavy atom. The molecule has 2 N–H and O–H groups in total. The Bertz CT molecular complexity index is 775. The monoisotopic (exact) mass is 542 g/mol. The molecule has 0 aliphatic carbocycles. The van der Waals surface area contributed by atoms with E-state index >= 15 is 0 Å². The highest BCUT2D eigenvalue weighted by atomic mass is 127. The number of ether oxygens (including phenoxy) is 1. The van der Waals surface area contributed by atoms with Crippen molar-refractivity contribution in [3.05, 3.63) is 41.5 Å². The van der Waals surface area contributed by atoms with E-state index in [1.54, 1.807) is 7.11 Å². The van der Waals surface area contributed by atoms with Gasteiger partial charge in [-0.3, -0.25) is 0 Å². The highest BCUT2D eigenvalue weighted by molar-refractivity contribution is 14.0. The molecule has 8 heteroatoms. The summed E-state index contributed by atoms with van der Waals surface area (Å²) in [7, 11) is 3.66. The standard InChI is InChI=1S/C23H38N6O.HI/c1-6-7-8-9-10-18(2)26-23(25-17-22-28-27-19(3)29(22)4)24-16-15-20-11-13-21(30-5)14-12-20;/h11-14,18H,6-10,15-17H2,1-5H3,(H2,24,25,26);1H. The van der Waals surface area contributed by atoms with Crippen LogP contribution in [0, 0.1) is 6.92 Å². The minimum absolute atomic E-state index is 0. The molecule has 0 saturated carbocycles. The number of rotatable bonds is 12. The van der Waals surface area contributed by atoms with E-state index in [2.05, 4.69) is 46.8 Å². The lowest BCUT2D eigenvalue weighted by Crippen LogP contribution is -2.43. The molecule has 1 aromatic heterocycles. The van der Waals surface area contributed by atoms with Crippen molar-refractivity contribution in [2.24, 2.45) is 12.0 Å². The van der Waals surface area contributed by atoms with Crippen LogP contribution in [0.5, 0.6) is 5.75 Å². The fourth-order valence-corrected chi connectivity index (χ4v) is 3.19. The number of halogens is 1. The second kappa shape index (κ2) is 15.0. The molecule has 0 fully saturated rings. The van der Waals surface area contributed by atoms with Crippen molar-refractivity contribution >= 4 is 29.9 Å². The predicted molar refractivity (Wildman–Crippen MR) is 138 cm³/mol. The number of nitrogens with zero attached hydrogens (tertiary/aromatic N) is 4. The van der Waals surface area contributed by atoms with Crippen LogP contribution in [-0.2, 0) is 20.0 Å². The van der Waals surface area contributed by atoms with Crippen LogP contribution in [-0.4, -0.2) is 40.4 Å². The Labute approximate surface area is 204 Å². The molecular weight excluding hydrogens is 503 g/mol. The minimum atomic E-state index is 0. The van der Waals surface area contributed by atoms with Crippen LogP contribution in [0.2, 0.25) is 0 Å². The third-order valence-electron chi connectivity index (χ3n) is 5.30. The van der Waals surface area contributed by atoms with Crippen molar-refractivity contribution < 1.29 is 4.74 Å². The first-order chi connectivity index (χ1) is 14.5. The Morgan fingerprint density at radius 3 is 2.52 bits per heavy atom. The van der Waals surface area contributed by atoms with Crippen molar-refractivity contribution in [3.63, 3.8) is 0 Å². The van der Waals surface area contributed by atoms with Gasteiger partial charge in [0.2, 0.25) is 0 Å². The summed E-state index contributed by atoms with van der Waals surface area (Å²) >= 11 is 0. The van der Waals surface area contributed by atoms with Gasteiger partial charge in [-0.15, -0.1) is 34.2 Å². The number of hydrogen-bond acceptors (Lipinski definition) is 4. The summed E-state index contributed by atoms with van der Waals surface area (Å²) in [6.45, 7) is 7.72. The van der Waals surface area contributed by atoms with E-state index in [1.165, 1.54) is 31.2 Å². The molecule has 1 heterocycles. The second-order valence-electron chi connectivity index (χ2n) is 7.81. The van der Waals surface area contributed by atoms with Crippen molar-refractivity contribution in [3.8, 4) is 5.75 Å². The fourth-order valence-electron chi connectivity index (χ4n) is 3.19. The first-order valence-corrected chi connectivity index (χ1v) is 11.1. The highest BCUT2D eigenvalue weighted by Crippen LogP contribution is 2.11. The van der Waals surface area contributed by atoms with Crippen LogP contribution in [0.15, 0.2) is 29.3 Å². The van der Waals surface area contributed by atoms with Gasteiger partial charge in [0.25, 0.3) is 0 Å². The summed E-state index contributed by atoms with van der Waals surface area (Å²) in [5, 5.41) is 15.4. The average Bonchev–Trinajstić information content (AvgIpc) is 3.07. The van der Waals surface area contributed by atoms with Gasteiger partial charge < -0.3 is 19.9 Å². The van der Waals surface area contributed by atoms with E-state index in [9.17, 15) is 0 Å². The highest BCUT2D eigenvalue weighted by Gasteiger charge is 2.08. The maximum Gasteiger partial charge on any atom is 0.191 e. The van der Waals surface area contributed by atoms with E-state index in [0.29, 0.717) is 12.6 Å². The zero-order chi connectivity index (χ0) is 21.8. The molecule has 2 aromatic rings. The van der Waals surface area contributed by atoms with Crippen LogP contribution in [0.1, 0.15) is 63.2 Å². The number of aromatic nitrogens is 3. The smallest absolute Gasteiger partial charge is 0.191 e. The second-order valence-corrected chi connectivity index (χ2v) is 7.81. The number of unbranched alkanes of at least 4 members (excludes halogenated alkanes) is 3. The number of methoxy groups -OCH3 is 1. The molecule has 174 valence electrons. The van der Waals surface area contributed by atoms with Crippen molar-refractivity contribution in [2.75, 3.05) is 13.7 Å². The number of nitrogens with one attached hydrogen (secondary N) is 2. The summed E-state index contributed by atoms with van der Waals surface area (Å²) in [4.78, 5) is 4.76. The van der Waals surface area contributed by atoms with Crippen LogP contribution in [0.3, 0.4) is 0 Å². The molecule has 0 saturated heterocycles. The first-order valence-electron chi connectivity index (χ1n) is 11.1. The first kappa shape index (κ1) is 27.2. The number of benzene rings is 1. The van der Waals surface area contributed by atoms with E-state index in [0.717, 1.165) is 42.7 Å². The normalized spacial score (nSPS) is 12.2. The molecule has 7 nitrogen and oxygen atoms in total. The third kappa shape index (κ3) is 9.88. The maximum atomic E-state index is 5.23. The molecule has 0 aliphatic heterocycles. The lowest BCUT2D eigenvalue weighted by atomic mass is 10.1. The van der Waals surface area contributed by atoms with Crippen LogP contribution in [0.4, 0.5) is 0 Å². The van der Waals surface area contributed by atoms with E-state index < -0.39 is 0 Å². The van der Waals surface area contributed by atoms with Crippen molar-refractivity contribution in [1.82, 2.24) is 25.4 Å². The van der Waals surface area contributed by atoms with Crippen molar-refractivity contribution in [2.45, 2.75) is 71.9 Å². The average molecular weight is 543 g/mol. The Balaban J connectivity index is 0.00000480.